The monoisotopic (exact) mass is 485 g/mol. The van der Waals surface area contributed by atoms with E-state index in [4.69, 9.17) is 4.74 Å². The number of likely N-dealkylation sites (tertiary alicyclic amines) is 1. The fraction of sp³-hybridized carbons (Fsp3) is 0.276. The van der Waals surface area contributed by atoms with Gasteiger partial charge in [-0.25, -0.2) is 4.79 Å². The summed E-state index contributed by atoms with van der Waals surface area (Å²) in [6.45, 7) is 4.07. The van der Waals surface area contributed by atoms with E-state index in [0.29, 0.717) is 42.7 Å². The van der Waals surface area contributed by atoms with Crippen molar-refractivity contribution in [2.75, 3.05) is 30.3 Å². The van der Waals surface area contributed by atoms with E-state index < -0.39 is 11.7 Å². The van der Waals surface area contributed by atoms with Gasteiger partial charge in [0.15, 0.2) is 0 Å². The van der Waals surface area contributed by atoms with Gasteiger partial charge in [0.25, 0.3) is 0 Å². The van der Waals surface area contributed by atoms with Crippen molar-refractivity contribution in [3.8, 4) is 11.1 Å². The van der Waals surface area contributed by atoms with Crippen molar-refractivity contribution in [3.05, 3.63) is 84.4 Å². The Bertz CT molecular complexity index is 1190. The summed E-state index contributed by atoms with van der Waals surface area (Å²) in [6.07, 6.45) is 2.05. The Kier molecular flexibility index (Phi) is 8.13. The highest BCUT2D eigenvalue weighted by Gasteiger charge is 2.34. The SMILES string of the molecule is CC1(OC(=O)Nc2ccccc2-c2ccccc2)CCN(CCC(=O)Nc2ccc(C=O)cc2)CC1. The van der Waals surface area contributed by atoms with E-state index in [2.05, 4.69) is 15.5 Å². The van der Waals surface area contributed by atoms with Crippen LogP contribution < -0.4 is 10.6 Å². The minimum Gasteiger partial charge on any atom is -0.443 e. The minimum absolute atomic E-state index is 0.0742. The van der Waals surface area contributed by atoms with E-state index in [-0.39, 0.29) is 5.91 Å². The predicted molar refractivity (Wildman–Crippen MR) is 141 cm³/mol. The van der Waals surface area contributed by atoms with Gasteiger partial charge in [0, 0.05) is 42.9 Å². The summed E-state index contributed by atoms with van der Waals surface area (Å²) >= 11 is 0. The van der Waals surface area contributed by atoms with Gasteiger partial charge in [-0.3, -0.25) is 14.9 Å². The Hall–Kier alpha value is -3.97. The van der Waals surface area contributed by atoms with Crippen molar-refractivity contribution in [3.63, 3.8) is 0 Å². The summed E-state index contributed by atoms with van der Waals surface area (Å²) in [6, 6.07) is 24.4. The number of amides is 2. The molecular weight excluding hydrogens is 454 g/mol. The van der Waals surface area contributed by atoms with Crippen LogP contribution in [0.5, 0.6) is 0 Å². The van der Waals surface area contributed by atoms with Crippen LogP contribution in [0.25, 0.3) is 11.1 Å². The lowest BCUT2D eigenvalue weighted by Crippen LogP contribution is -2.46. The summed E-state index contributed by atoms with van der Waals surface area (Å²) in [5.74, 6) is -0.0742. The maximum absolute atomic E-state index is 12.8. The number of piperidine rings is 1. The van der Waals surface area contributed by atoms with Gasteiger partial charge in [0.2, 0.25) is 5.91 Å². The van der Waals surface area contributed by atoms with Crippen molar-refractivity contribution >= 4 is 29.7 Å². The zero-order chi connectivity index (χ0) is 25.4. The van der Waals surface area contributed by atoms with Gasteiger partial charge in [-0.05, 0) is 55.7 Å². The zero-order valence-electron chi connectivity index (χ0n) is 20.4. The molecule has 0 radical (unpaired) electrons. The normalized spacial score (nSPS) is 15.0. The van der Waals surface area contributed by atoms with Gasteiger partial charge in [0.1, 0.15) is 11.9 Å². The molecule has 0 atom stereocenters. The molecule has 1 saturated heterocycles. The zero-order valence-corrected chi connectivity index (χ0v) is 20.4. The fourth-order valence-electron chi connectivity index (χ4n) is 4.30. The van der Waals surface area contributed by atoms with Crippen LogP contribution in [-0.4, -0.2) is 48.4 Å². The van der Waals surface area contributed by atoms with Gasteiger partial charge in [-0.1, -0.05) is 48.5 Å². The van der Waals surface area contributed by atoms with Crippen LogP contribution in [0, 0.1) is 0 Å². The molecule has 2 amide bonds. The summed E-state index contributed by atoms with van der Waals surface area (Å²) in [4.78, 5) is 38.0. The van der Waals surface area contributed by atoms with Crippen LogP contribution in [0.4, 0.5) is 16.2 Å². The minimum atomic E-state index is -0.565. The highest BCUT2D eigenvalue weighted by molar-refractivity contribution is 5.92. The Morgan fingerprint density at radius 3 is 2.28 bits per heavy atom. The topological polar surface area (TPSA) is 87.7 Å². The molecule has 36 heavy (non-hydrogen) atoms. The lowest BCUT2D eigenvalue weighted by molar-refractivity contribution is -0.116. The van der Waals surface area contributed by atoms with Crippen molar-refractivity contribution in [1.82, 2.24) is 4.90 Å². The average Bonchev–Trinajstić information content (AvgIpc) is 2.89. The molecule has 7 nitrogen and oxygen atoms in total. The lowest BCUT2D eigenvalue weighted by atomic mass is 9.93. The third-order valence-electron chi connectivity index (χ3n) is 6.49. The molecule has 1 heterocycles. The van der Waals surface area contributed by atoms with E-state index in [1.54, 1.807) is 24.3 Å². The number of aldehydes is 1. The molecule has 2 N–H and O–H groups in total. The van der Waals surface area contributed by atoms with Crippen LogP contribution in [-0.2, 0) is 9.53 Å². The fourth-order valence-corrected chi connectivity index (χ4v) is 4.30. The summed E-state index contributed by atoms with van der Waals surface area (Å²) in [5, 5.41) is 5.77. The summed E-state index contributed by atoms with van der Waals surface area (Å²) in [5.41, 5.74) is 3.35. The number of hydrogen-bond acceptors (Lipinski definition) is 5. The molecule has 7 heteroatoms. The van der Waals surface area contributed by atoms with Crippen molar-refractivity contribution in [1.29, 1.82) is 0 Å². The standard InChI is InChI=1S/C29H31N3O4/c1-29(36-28(35)31-26-10-6-5-9-25(26)23-7-3-2-4-8-23)16-19-32(20-17-29)18-15-27(34)30-24-13-11-22(21-33)12-14-24/h2-14,21H,15-20H2,1H3,(H,30,34)(H,31,35). The Morgan fingerprint density at radius 2 is 1.58 bits per heavy atom. The van der Waals surface area contributed by atoms with Crippen LogP contribution in [0.3, 0.4) is 0 Å². The number of carbonyl (C=O) groups is 3. The number of rotatable bonds is 8. The van der Waals surface area contributed by atoms with E-state index in [1.165, 1.54) is 0 Å². The quantitative estimate of drug-likeness (QED) is 0.406. The van der Waals surface area contributed by atoms with Crippen LogP contribution >= 0.6 is 0 Å². The van der Waals surface area contributed by atoms with Crippen molar-refractivity contribution in [2.24, 2.45) is 0 Å². The highest BCUT2D eigenvalue weighted by Crippen LogP contribution is 2.30. The number of ether oxygens (including phenoxy) is 1. The molecule has 4 rings (SSSR count). The molecule has 0 saturated carbocycles. The van der Waals surface area contributed by atoms with Crippen LogP contribution in [0.15, 0.2) is 78.9 Å². The van der Waals surface area contributed by atoms with Crippen LogP contribution in [0.2, 0.25) is 0 Å². The maximum Gasteiger partial charge on any atom is 0.412 e. The average molecular weight is 486 g/mol. The molecule has 3 aromatic rings. The number of benzene rings is 3. The number of nitrogens with zero attached hydrogens (tertiary/aromatic N) is 1. The second-order valence-electron chi connectivity index (χ2n) is 9.26. The Labute approximate surface area is 211 Å². The van der Waals surface area contributed by atoms with E-state index in [1.807, 2.05) is 61.5 Å². The molecule has 186 valence electrons. The molecule has 0 aromatic heterocycles. The highest BCUT2D eigenvalue weighted by atomic mass is 16.6. The third-order valence-corrected chi connectivity index (χ3v) is 6.49. The summed E-state index contributed by atoms with van der Waals surface area (Å²) in [7, 11) is 0. The maximum atomic E-state index is 12.8. The largest absolute Gasteiger partial charge is 0.443 e. The Morgan fingerprint density at radius 1 is 0.917 bits per heavy atom. The number of anilines is 2. The second kappa shape index (κ2) is 11.6. The molecule has 0 unspecified atom stereocenters. The van der Waals surface area contributed by atoms with E-state index in [9.17, 15) is 14.4 Å². The van der Waals surface area contributed by atoms with Gasteiger partial charge in [-0.2, -0.15) is 0 Å². The van der Waals surface area contributed by atoms with Crippen molar-refractivity contribution < 1.29 is 19.1 Å². The first-order chi connectivity index (χ1) is 17.4. The molecular formula is C29H31N3O4. The van der Waals surface area contributed by atoms with E-state index >= 15 is 0 Å². The first-order valence-corrected chi connectivity index (χ1v) is 12.2. The summed E-state index contributed by atoms with van der Waals surface area (Å²) < 4.78 is 5.86. The van der Waals surface area contributed by atoms with Crippen LogP contribution in [0.1, 0.15) is 36.5 Å². The molecule has 1 aliphatic rings. The van der Waals surface area contributed by atoms with E-state index in [0.717, 1.165) is 30.5 Å². The molecule has 0 spiro atoms. The number of para-hydroxylation sites is 1. The number of carbonyl (C=O) groups excluding carboxylic acids is 3. The molecule has 1 aliphatic heterocycles. The second-order valence-corrected chi connectivity index (χ2v) is 9.26. The Balaban J connectivity index is 1.23. The number of hydrogen-bond donors (Lipinski definition) is 2. The first-order valence-electron chi connectivity index (χ1n) is 12.2. The molecule has 0 aliphatic carbocycles. The lowest BCUT2D eigenvalue weighted by Gasteiger charge is -2.38. The molecule has 3 aromatic carbocycles. The smallest absolute Gasteiger partial charge is 0.412 e. The molecule has 1 fully saturated rings. The molecule has 0 bridgehead atoms. The van der Waals surface area contributed by atoms with Gasteiger partial charge >= 0.3 is 6.09 Å². The van der Waals surface area contributed by atoms with Gasteiger partial charge in [0.05, 0.1) is 5.69 Å². The predicted octanol–water partition coefficient (Wildman–Crippen LogP) is 5.60. The first kappa shape index (κ1) is 25.1. The van der Waals surface area contributed by atoms with Gasteiger partial charge < -0.3 is 15.0 Å². The van der Waals surface area contributed by atoms with Crippen molar-refractivity contribution in [2.45, 2.75) is 31.8 Å². The number of nitrogens with one attached hydrogen (secondary N) is 2. The van der Waals surface area contributed by atoms with Gasteiger partial charge in [-0.15, -0.1) is 0 Å². The third kappa shape index (κ3) is 6.79.